The molecule has 0 aromatic heterocycles. The fraction of sp³-hybridized carbons (Fsp3) is 0.250. The minimum absolute atomic E-state index is 0.134. The van der Waals surface area contributed by atoms with E-state index in [-0.39, 0.29) is 4.90 Å². The van der Waals surface area contributed by atoms with Gasteiger partial charge in [0.15, 0.2) is 4.90 Å². The van der Waals surface area contributed by atoms with Crippen LogP contribution in [0.15, 0.2) is 23.1 Å². The topological polar surface area (TPSA) is 23.1 Å². The van der Waals surface area contributed by atoms with E-state index in [1.807, 2.05) is 0 Å². The molecule has 0 heterocycles. The highest BCUT2D eigenvalue weighted by Crippen LogP contribution is 2.30. The van der Waals surface area contributed by atoms with Crippen LogP contribution < -0.4 is 0 Å². The maximum Gasteiger partial charge on any atom is 0.416 e. The molecule has 1 aromatic rings. The molecular formula is C8H6F3OS. The summed E-state index contributed by atoms with van der Waals surface area (Å²) >= 11 is -1.41. The summed E-state index contributed by atoms with van der Waals surface area (Å²) in [5.74, 6) is 0. The fourth-order valence-electron chi connectivity index (χ4n) is 0.780. The lowest BCUT2D eigenvalue weighted by Gasteiger charge is -2.08. The normalized spacial score (nSPS) is 14.2. The van der Waals surface area contributed by atoms with Crippen LogP contribution in [-0.4, -0.2) is 10.8 Å². The van der Waals surface area contributed by atoms with Crippen molar-refractivity contribution in [2.75, 3.05) is 6.26 Å². The summed E-state index contributed by atoms with van der Waals surface area (Å²) in [4.78, 5) is 0.134. The van der Waals surface area contributed by atoms with Crippen molar-refractivity contribution in [3.63, 3.8) is 0 Å². The molecule has 0 amide bonds. The van der Waals surface area contributed by atoms with Gasteiger partial charge in [-0.25, -0.2) is 0 Å². The van der Waals surface area contributed by atoms with Gasteiger partial charge in [0, 0.05) is 12.1 Å². The summed E-state index contributed by atoms with van der Waals surface area (Å²) in [6, 6.07) is 5.28. The van der Waals surface area contributed by atoms with Gasteiger partial charge in [-0.05, 0) is 23.3 Å². The first-order valence-corrected chi connectivity index (χ1v) is 4.89. The molecule has 1 nitrogen and oxygen atoms in total. The van der Waals surface area contributed by atoms with Gasteiger partial charge in [0.1, 0.15) is 6.26 Å². The molecule has 1 unspecified atom stereocenters. The summed E-state index contributed by atoms with van der Waals surface area (Å²) in [7, 11) is 0. The molecule has 0 bridgehead atoms. The van der Waals surface area contributed by atoms with Crippen LogP contribution in [0.1, 0.15) is 5.56 Å². The van der Waals surface area contributed by atoms with Gasteiger partial charge in [-0.15, -0.1) is 0 Å². The second-order valence-electron chi connectivity index (χ2n) is 2.41. The number of hydrogen-bond donors (Lipinski definition) is 0. The van der Waals surface area contributed by atoms with Gasteiger partial charge in [0.05, 0.1) is 5.56 Å². The molecule has 0 spiro atoms. The first-order valence-electron chi connectivity index (χ1n) is 3.33. The van der Waals surface area contributed by atoms with Crippen molar-refractivity contribution < 1.29 is 17.7 Å². The van der Waals surface area contributed by atoms with E-state index in [4.69, 9.17) is 0 Å². The van der Waals surface area contributed by atoms with Gasteiger partial charge in [-0.1, -0.05) is 0 Å². The van der Waals surface area contributed by atoms with Crippen LogP contribution in [0.25, 0.3) is 0 Å². The molecule has 5 heteroatoms. The SMILES string of the molecule is C[S+]([O-])c1c[c]cc(C(F)(F)F)c1. The van der Waals surface area contributed by atoms with Gasteiger partial charge in [-0.3, -0.25) is 0 Å². The van der Waals surface area contributed by atoms with E-state index in [9.17, 15) is 17.7 Å². The maximum absolute atomic E-state index is 12.1. The predicted octanol–water partition coefficient (Wildman–Crippen LogP) is 2.24. The first kappa shape index (κ1) is 10.4. The second kappa shape index (κ2) is 3.59. The van der Waals surface area contributed by atoms with Crippen LogP contribution in [-0.2, 0) is 17.4 Å². The molecule has 71 valence electrons. The van der Waals surface area contributed by atoms with E-state index in [0.29, 0.717) is 0 Å². The number of hydrogen-bond acceptors (Lipinski definition) is 1. The minimum Gasteiger partial charge on any atom is -0.612 e. The lowest BCUT2D eigenvalue weighted by Crippen LogP contribution is -2.06. The fourth-order valence-corrected chi connectivity index (χ4v) is 1.31. The monoisotopic (exact) mass is 207 g/mol. The highest BCUT2D eigenvalue weighted by atomic mass is 32.2. The van der Waals surface area contributed by atoms with Crippen LogP contribution >= 0.6 is 0 Å². The lowest BCUT2D eigenvalue weighted by atomic mass is 10.2. The van der Waals surface area contributed by atoms with Gasteiger partial charge in [-0.2, -0.15) is 13.2 Å². The minimum atomic E-state index is -4.40. The standard InChI is InChI=1S/C8H6F3OS/c1-13(12)7-4-2-3-6(5-7)8(9,10)11/h3-5H,1H3. The van der Waals surface area contributed by atoms with Gasteiger partial charge in [0.25, 0.3) is 0 Å². The van der Waals surface area contributed by atoms with E-state index in [1.54, 1.807) is 0 Å². The number of benzene rings is 1. The van der Waals surface area contributed by atoms with Gasteiger partial charge in [0.2, 0.25) is 0 Å². The Morgan fingerprint density at radius 2 is 2.00 bits per heavy atom. The molecule has 0 saturated heterocycles. The highest BCUT2D eigenvalue weighted by Gasteiger charge is 2.31. The Hall–Kier alpha value is -0.680. The van der Waals surface area contributed by atoms with Gasteiger partial charge >= 0.3 is 6.18 Å². The molecule has 1 rings (SSSR count). The van der Waals surface area contributed by atoms with Crippen molar-refractivity contribution in [1.29, 1.82) is 0 Å². The van der Waals surface area contributed by atoms with Crippen molar-refractivity contribution in [2.45, 2.75) is 11.1 Å². The Balaban J connectivity index is 3.06. The Labute approximate surface area is 76.8 Å². The zero-order valence-corrected chi connectivity index (χ0v) is 7.50. The van der Waals surface area contributed by atoms with E-state index >= 15 is 0 Å². The van der Waals surface area contributed by atoms with Crippen molar-refractivity contribution in [3.05, 3.63) is 29.8 Å². The molecule has 0 aliphatic heterocycles. The third-order valence-corrected chi connectivity index (χ3v) is 2.32. The van der Waals surface area contributed by atoms with E-state index in [0.717, 1.165) is 12.1 Å². The molecule has 0 N–H and O–H groups in total. The number of rotatable bonds is 1. The van der Waals surface area contributed by atoms with Crippen LogP contribution in [0.2, 0.25) is 0 Å². The molecule has 13 heavy (non-hydrogen) atoms. The Morgan fingerprint density at radius 3 is 2.46 bits per heavy atom. The Bertz CT molecular complexity index is 296. The first-order chi connectivity index (χ1) is 5.91. The average molecular weight is 207 g/mol. The molecule has 1 aromatic carbocycles. The molecule has 0 fully saturated rings. The van der Waals surface area contributed by atoms with Crippen LogP contribution in [0.5, 0.6) is 0 Å². The lowest BCUT2D eigenvalue weighted by molar-refractivity contribution is -0.137. The highest BCUT2D eigenvalue weighted by molar-refractivity contribution is 7.90. The molecule has 1 radical (unpaired) electrons. The van der Waals surface area contributed by atoms with Crippen molar-refractivity contribution in [1.82, 2.24) is 0 Å². The third-order valence-electron chi connectivity index (χ3n) is 1.42. The smallest absolute Gasteiger partial charge is 0.416 e. The predicted molar refractivity (Wildman–Crippen MR) is 42.6 cm³/mol. The van der Waals surface area contributed by atoms with Crippen molar-refractivity contribution in [3.8, 4) is 0 Å². The average Bonchev–Trinajstić information content (AvgIpc) is 2.03. The number of halogens is 3. The van der Waals surface area contributed by atoms with Crippen LogP contribution in [0, 0.1) is 6.07 Å². The maximum atomic E-state index is 12.1. The molecular weight excluding hydrogens is 201 g/mol. The Morgan fingerprint density at radius 1 is 1.38 bits per heavy atom. The summed E-state index contributed by atoms with van der Waals surface area (Å²) in [6.07, 6.45) is -3.07. The molecule has 1 atom stereocenters. The molecule has 0 saturated carbocycles. The van der Waals surface area contributed by atoms with Crippen LogP contribution in [0.4, 0.5) is 13.2 Å². The number of alkyl halides is 3. The quantitative estimate of drug-likeness (QED) is 0.647. The van der Waals surface area contributed by atoms with E-state index in [1.165, 1.54) is 12.3 Å². The zero-order chi connectivity index (χ0) is 10.1. The van der Waals surface area contributed by atoms with E-state index < -0.39 is 22.9 Å². The summed E-state index contributed by atoms with van der Waals surface area (Å²) in [5.41, 5.74) is -0.819. The zero-order valence-electron chi connectivity index (χ0n) is 6.68. The Kier molecular flexibility index (Phi) is 2.87. The summed E-state index contributed by atoms with van der Waals surface area (Å²) in [6.45, 7) is 0. The van der Waals surface area contributed by atoms with Crippen molar-refractivity contribution >= 4 is 11.2 Å². The largest absolute Gasteiger partial charge is 0.612 e. The summed E-state index contributed by atoms with van der Waals surface area (Å²) in [5, 5.41) is 0. The summed E-state index contributed by atoms with van der Waals surface area (Å²) < 4.78 is 47.2. The third kappa shape index (κ3) is 2.63. The second-order valence-corrected chi connectivity index (χ2v) is 3.79. The molecule has 0 aliphatic carbocycles. The molecule has 0 aliphatic rings. The van der Waals surface area contributed by atoms with Gasteiger partial charge < -0.3 is 4.55 Å². The van der Waals surface area contributed by atoms with Crippen LogP contribution in [0.3, 0.4) is 0 Å². The van der Waals surface area contributed by atoms with E-state index in [2.05, 4.69) is 6.07 Å². The van der Waals surface area contributed by atoms with Crippen molar-refractivity contribution in [2.24, 2.45) is 0 Å².